The van der Waals surface area contributed by atoms with Crippen molar-refractivity contribution >= 4 is 17.4 Å². The predicted octanol–water partition coefficient (Wildman–Crippen LogP) is 2.96. The number of nitrogens with one attached hydrogen (secondary N) is 1. The van der Waals surface area contributed by atoms with Gasteiger partial charge in [0, 0.05) is 30.5 Å². The molecular formula is C20H25N7O. The molecule has 3 heterocycles. The van der Waals surface area contributed by atoms with Crippen molar-refractivity contribution in [3.63, 3.8) is 0 Å². The first-order chi connectivity index (χ1) is 13.6. The molecular weight excluding hydrogens is 354 g/mol. The van der Waals surface area contributed by atoms with Crippen LogP contribution < -0.4 is 10.2 Å². The summed E-state index contributed by atoms with van der Waals surface area (Å²) in [5, 5.41) is 15.7. The number of nitrogens with zero attached hydrogens (tertiary/aromatic N) is 6. The lowest BCUT2D eigenvalue weighted by Gasteiger charge is -2.17. The summed E-state index contributed by atoms with van der Waals surface area (Å²) >= 11 is 0. The zero-order valence-corrected chi connectivity index (χ0v) is 16.2. The van der Waals surface area contributed by atoms with Crippen LogP contribution in [0.5, 0.6) is 0 Å². The molecule has 1 fully saturated rings. The van der Waals surface area contributed by atoms with E-state index in [2.05, 4.69) is 49.8 Å². The van der Waals surface area contributed by atoms with Crippen molar-refractivity contribution in [2.75, 3.05) is 23.3 Å². The predicted molar refractivity (Wildman–Crippen MR) is 108 cm³/mol. The van der Waals surface area contributed by atoms with Crippen LogP contribution in [0.3, 0.4) is 0 Å². The molecule has 3 aromatic rings. The molecule has 1 saturated heterocycles. The van der Waals surface area contributed by atoms with E-state index >= 15 is 0 Å². The molecule has 2 aromatic heterocycles. The average molecular weight is 379 g/mol. The zero-order chi connectivity index (χ0) is 19.5. The number of anilines is 2. The highest BCUT2D eigenvalue weighted by molar-refractivity contribution is 5.89. The fraction of sp³-hybridized carbons (Fsp3) is 0.400. The molecule has 1 amide bonds. The summed E-state index contributed by atoms with van der Waals surface area (Å²) in [4.78, 5) is 16.2. The Morgan fingerprint density at radius 3 is 2.75 bits per heavy atom. The van der Waals surface area contributed by atoms with Crippen LogP contribution in [0.4, 0.5) is 11.5 Å². The van der Waals surface area contributed by atoms with Crippen LogP contribution in [0.15, 0.2) is 42.7 Å². The largest absolute Gasteiger partial charge is 0.372 e. The van der Waals surface area contributed by atoms with Crippen LogP contribution in [0.2, 0.25) is 0 Å². The standard InChI is InChI=1S/C20H25N7O/c1-15(2)27-21-13-19(24-27)22-20(28)14-26-11-8-18(23-26)16-6-5-7-17(12-16)25-9-3-4-10-25/h5-8,11-13,15H,3-4,9-10,14H2,1-2H3,(H,22,24,28). The minimum atomic E-state index is -0.184. The zero-order valence-electron chi connectivity index (χ0n) is 16.2. The van der Waals surface area contributed by atoms with E-state index in [1.165, 1.54) is 18.5 Å². The lowest BCUT2D eigenvalue weighted by molar-refractivity contribution is -0.116. The topological polar surface area (TPSA) is 80.9 Å². The summed E-state index contributed by atoms with van der Waals surface area (Å²) < 4.78 is 1.64. The van der Waals surface area contributed by atoms with E-state index in [4.69, 9.17) is 0 Å². The monoisotopic (exact) mass is 379 g/mol. The van der Waals surface area contributed by atoms with E-state index in [9.17, 15) is 4.79 Å². The number of benzene rings is 1. The first kappa shape index (κ1) is 18.2. The van der Waals surface area contributed by atoms with Gasteiger partial charge in [-0.1, -0.05) is 12.1 Å². The second kappa shape index (κ2) is 7.84. The smallest absolute Gasteiger partial charge is 0.247 e. The third kappa shape index (κ3) is 4.05. The second-order valence-corrected chi connectivity index (χ2v) is 7.34. The maximum absolute atomic E-state index is 12.3. The maximum atomic E-state index is 12.3. The van der Waals surface area contributed by atoms with Crippen molar-refractivity contribution in [2.45, 2.75) is 39.3 Å². The Bertz CT molecular complexity index is 953. The van der Waals surface area contributed by atoms with Gasteiger partial charge in [0.05, 0.1) is 17.9 Å². The maximum Gasteiger partial charge on any atom is 0.247 e. The van der Waals surface area contributed by atoms with Crippen LogP contribution in [0.1, 0.15) is 32.7 Å². The van der Waals surface area contributed by atoms with Gasteiger partial charge in [-0.25, -0.2) is 0 Å². The van der Waals surface area contributed by atoms with Crippen molar-refractivity contribution in [3.05, 3.63) is 42.7 Å². The lowest BCUT2D eigenvalue weighted by atomic mass is 10.1. The van der Waals surface area contributed by atoms with Crippen molar-refractivity contribution in [1.82, 2.24) is 24.8 Å². The Balaban J connectivity index is 1.41. The number of amides is 1. The van der Waals surface area contributed by atoms with Gasteiger partial charge in [0.1, 0.15) is 6.54 Å². The fourth-order valence-corrected chi connectivity index (χ4v) is 3.35. The molecule has 146 valence electrons. The highest BCUT2D eigenvalue weighted by Crippen LogP contribution is 2.26. The van der Waals surface area contributed by atoms with Gasteiger partial charge in [0.25, 0.3) is 0 Å². The molecule has 0 spiro atoms. The number of hydrogen-bond donors (Lipinski definition) is 1. The SMILES string of the molecule is CC(C)n1ncc(NC(=O)Cn2ccc(-c3cccc(N4CCCC4)c3)n2)n1. The molecule has 8 heteroatoms. The molecule has 1 N–H and O–H groups in total. The highest BCUT2D eigenvalue weighted by Gasteiger charge is 2.14. The fourth-order valence-electron chi connectivity index (χ4n) is 3.35. The number of carbonyl (C=O) groups is 1. The Morgan fingerprint density at radius 1 is 1.18 bits per heavy atom. The van der Waals surface area contributed by atoms with Gasteiger partial charge in [0.15, 0.2) is 5.82 Å². The van der Waals surface area contributed by atoms with E-state index in [0.29, 0.717) is 5.82 Å². The summed E-state index contributed by atoms with van der Waals surface area (Å²) in [7, 11) is 0. The van der Waals surface area contributed by atoms with E-state index in [0.717, 1.165) is 24.3 Å². The van der Waals surface area contributed by atoms with Gasteiger partial charge < -0.3 is 10.2 Å². The number of hydrogen-bond acceptors (Lipinski definition) is 5. The molecule has 1 aromatic carbocycles. The molecule has 0 saturated carbocycles. The Morgan fingerprint density at radius 2 is 2.00 bits per heavy atom. The first-order valence-electron chi connectivity index (χ1n) is 9.69. The minimum absolute atomic E-state index is 0.125. The van der Waals surface area contributed by atoms with Crippen molar-refractivity contribution < 1.29 is 4.79 Å². The first-order valence-corrected chi connectivity index (χ1v) is 9.69. The van der Waals surface area contributed by atoms with Crippen molar-refractivity contribution in [3.8, 4) is 11.3 Å². The van der Waals surface area contributed by atoms with Gasteiger partial charge in [-0.2, -0.15) is 15.0 Å². The summed E-state index contributed by atoms with van der Waals surface area (Å²) in [6.07, 6.45) is 5.87. The third-order valence-electron chi connectivity index (χ3n) is 4.80. The van der Waals surface area contributed by atoms with Gasteiger partial charge in [0.2, 0.25) is 5.91 Å². The molecule has 28 heavy (non-hydrogen) atoms. The van der Waals surface area contributed by atoms with Gasteiger partial charge in [-0.15, -0.1) is 5.10 Å². The Kier molecular flexibility index (Phi) is 5.10. The van der Waals surface area contributed by atoms with E-state index in [1.807, 2.05) is 26.1 Å². The van der Waals surface area contributed by atoms with Crippen molar-refractivity contribution in [2.24, 2.45) is 0 Å². The van der Waals surface area contributed by atoms with Gasteiger partial charge in [-0.05, 0) is 44.9 Å². The highest BCUT2D eigenvalue weighted by atomic mass is 16.2. The Labute approximate surface area is 164 Å². The summed E-state index contributed by atoms with van der Waals surface area (Å²) in [5.41, 5.74) is 3.15. The normalized spacial score (nSPS) is 14.0. The molecule has 0 unspecified atom stereocenters. The number of rotatable bonds is 6. The molecule has 0 atom stereocenters. The summed E-state index contributed by atoms with van der Waals surface area (Å²) in [5.74, 6) is 0.265. The van der Waals surface area contributed by atoms with Crippen LogP contribution in [0, 0.1) is 0 Å². The van der Waals surface area contributed by atoms with Crippen LogP contribution in [-0.4, -0.2) is 43.8 Å². The van der Waals surface area contributed by atoms with E-state index in [1.54, 1.807) is 15.7 Å². The summed E-state index contributed by atoms with van der Waals surface area (Å²) in [6, 6.07) is 10.5. The molecule has 0 aliphatic carbocycles. The van der Waals surface area contributed by atoms with Crippen LogP contribution >= 0.6 is 0 Å². The molecule has 1 aliphatic heterocycles. The number of aromatic nitrogens is 5. The second-order valence-electron chi connectivity index (χ2n) is 7.34. The van der Waals surface area contributed by atoms with E-state index < -0.39 is 0 Å². The molecule has 4 rings (SSSR count). The van der Waals surface area contributed by atoms with Gasteiger partial charge >= 0.3 is 0 Å². The minimum Gasteiger partial charge on any atom is -0.372 e. The Hall–Kier alpha value is -3.16. The van der Waals surface area contributed by atoms with E-state index in [-0.39, 0.29) is 18.5 Å². The lowest BCUT2D eigenvalue weighted by Crippen LogP contribution is -2.19. The molecule has 1 aliphatic rings. The summed E-state index contributed by atoms with van der Waals surface area (Å²) in [6.45, 7) is 6.31. The third-order valence-corrected chi connectivity index (χ3v) is 4.80. The van der Waals surface area contributed by atoms with Crippen molar-refractivity contribution in [1.29, 1.82) is 0 Å². The average Bonchev–Trinajstić information content (AvgIpc) is 3.43. The van der Waals surface area contributed by atoms with Crippen LogP contribution in [-0.2, 0) is 11.3 Å². The quantitative estimate of drug-likeness (QED) is 0.712. The molecule has 8 nitrogen and oxygen atoms in total. The van der Waals surface area contributed by atoms with Crippen LogP contribution in [0.25, 0.3) is 11.3 Å². The molecule has 0 bridgehead atoms. The van der Waals surface area contributed by atoms with Gasteiger partial charge in [-0.3, -0.25) is 9.48 Å². The molecule has 0 radical (unpaired) electrons. The number of carbonyl (C=O) groups excluding carboxylic acids is 1.